The lowest BCUT2D eigenvalue weighted by Gasteiger charge is -2.11. The zero-order valence-electron chi connectivity index (χ0n) is 9.43. The van der Waals surface area contributed by atoms with Gasteiger partial charge < -0.3 is 14.9 Å². The molecule has 0 spiro atoms. The van der Waals surface area contributed by atoms with E-state index in [4.69, 9.17) is 9.84 Å². The minimum Gasteiger partial charge on any atom is -0.505 e. The predicted molar refractivity (Wildman–Crippen MR) is 60.3 cm³/mol. The number of aromatic carboxylic acids is 1. The van der Waals surface area contributed by atoms with E-state index in [1.54, 1.807) is 13.8 Å². The topological polar surface area (TPSA) is 95.9 Å². The van der Waals surface area contributed by atoms with Gasteiger partial charge in [-0.3, -0.25) is 5.32 Å². The SMILES string of the molecule is CC(C)OC(=O)Nc1cccc(C(=O)O)c1O. The third-order valence-electron chi connectivity index (χ3n) is 1.85. The molecule has 0 heterocycles. The number of para-hydroxylation sites is 1. The lowest BCUT2D eigenvalue weighted by atomic mass is 10.2. The molecule has 0 unspecified atom stereocenters. The van der Waals surface area contributed by atoms with E-state index in [1.807, 2.05) is 0 Å². The summed E-state index contributed by atoms with van der Waals surface area (Å²) in [7, 11) is 0. The van der Waals surface area contributed by atoms with Gasteiger partial charge in [0.15, 0.2) is 5.75 Å². The third-order valence-corrected chi connectivity index (χ3v) is 1.85. The summed E-state index contributed by atoms with van der Waals surface area (Å²) >= 11 is 0. The van der Waals surface area contributed by atoms with Crippen molar-refractivity contribution in [1.82, 2.24) is 0 Å². The Balaban J connectivity index is 2.89. The molecule has 0 aliphatic heterocycles. The third kappa shape index (κ3) is 3.37. The summed E-state index contributed by atoms with van der Waals surface area (Å²) < 4.78 is 4.80. The van der Waals surface area contributed by atoms with Gasteiger partial charge in [-0.05, 0) is 26.0 Å². The normalized spacial score (nSPS) is 10.1. The maximum atomic E-state index is 11.3. The van der Waals surface area contributed by atoms with E-state index in [2.05, 4.69) is 5.32 Å². The molecule has 1 rings (SSSR count). The van der Waals surface area contributed by atoms with Crippen molar-refractivity contribution in [3.05, 3.63) is 23.8 Å². The first-order valence-corrected chi connectivity index (χ1v) is 4.94. The van der Waals surface area contributed by atoms with Gasteiger partial charge in [-0.1, -0.05) is 6.07 Å². The van der Waals surface area contributed by atoms with Crippen LogP contribution >= 0.6 is 0 Å². The van der Waals surface area contributed by atoms with Crippen LogP contribution in [0.25, 0.3) is 0 Å². The summed E-state index contributed by atoms with van der Waals surface area (Å²) in [5, 5.41) is 20.6. The summed E-state index contributed by atoms with van der Waals surface area (Å²) in [6, 6.07) is 4.02. The van der Waals surface area contributed by atoms with Gasteiger partial charge in [-0.15, -0.1) is 0 Å². The molecule has 17 heavy (non-hydrogen) atoms. The quantitative estimate of drug-likeness (QED) is 0.701. The lowest BCUT2D eigenvalue weighted by molar-refractivity contribution is 0.0693. The van der Waals surface area contributed by atoms with Gasteiger partial charge in [0.2, 0.25) is 0 Å². The predicted octanol–water partition coefficient (Wildman–Crippen LogP) is 2.05. The smallest absolute Gasteiger partial charge is 0.411 e. The average Bonchev–Trinajstić information content (AvgIpc) is 2.19. The first kappa shape index (κ1) is 12.8. The first-order chi connectivity index (χ1) is 7.91. The van der Waals surface area contributed by atoms with E-state index in [1.165, 1.54) is 18.2 Å². The molecule has 6 heteroatoms. The van der Waals surface area contributed by atoms with Crippen LogP contribution in [-0.4, -0.2) is 28.4 Å². The highest BCUT2D eigenvalue weighted by Crippen LogP contribution is 2.27. The fourth-order valence-corrected chi connectivity index (χ4v) is 1.17. The molecule has 0 radical (unpaired) electrons. The molecular weight excluding hydrogens is 226 g/mol. The molecule has 92 valence electrons. The number of hydrogen-bond acceptors (Lipinski definition) is 4. The number of hydrogen-bond donors (Lipinski definition) is 3. The maximum absolute atomic E-state index is 11.3. The van der Waals surface area contributed by atoms with Gasteiger partial charge in [0.25, 0.3) is 0 Å². The van der Waals surface area contributed by atoms with Crippen LogP contribution in [0, 0.1) is 0 Å². The molecule has 1 aromatic rings. The standard InChI is InChI=1S/C11H13NO5/c1-6(2)17-11(16)12-8-5-3-4-7(9(8)13)10(14)15/h3-6,13H,1-2H3,(H,12,16)(H,14,15). The maximum Gasteiger partial charge on any atom is 0.411 e. The second kappa shape index (κ2) is 5.20. The summed E-state index contributed by atoms with van der Waals surface area (Å²) in [4.78, 5) is 22.0. The molecule has 0 aromatic heterocycles. The van der Waals surface area contributed by atoms with Gasteiger partial charge in [-0.25, -0.2) is 9.59 Å². The second-order valence-corrected chi connectivity index (χ2v) is 3.59. The number of carbonyl (C=O) groups excluding carboxylic acids is 1. The highest BCUT2D eigenvalue weighted by atomic mass is 16.6. The Morgan fingerprint density at radius 3 is 2.53 bits per heavy atom. The minimum absolute atomic E-state index is 0.00412. The van der Waals surface area contributed by atoms with Crippen LogP contribution < -0.4 is 5.32 Å². The van der Waals surface area contributed by atoms with E-state index in [-0.39, 0.29) is 17.4 Å². The van der Waals surface area contributed by atoms with Crippen molar-refractivity contribution < 1.29 is 24.5 Å². The van der Waals surface area contributed by atoms with Crippen LogP contribution in [0.1, 0.15) is 24.2 Å². The van der Waals surface area contributed by atoms with Gasteiger partial charge in [0, 0.05) is 0 Å². The van der Waals surface area contributed by atoms with Gasteiger partial charge >= 0.3 is 12.1 Å². The number of aromatic hydroxyl groups is 1. The van der Waals surface area contributed by atoms with Crippen molar-refractivity contribution in [3.63, 3.8) is 0 Å². The van der Waals surface area contributed by atoms with E-state index in [9.17, 15) is 14.7 Å². The average molecular weight is 239 g/mol. The summed E-state index contributed by atoms with van der Waals surface area (Å²) in [5.74, 6) is -1.77. The van der Waals surface area contributed by atoms with Crippen molar-refractivity contribution >= 4 is 17.7 Å². The van der Waals surface area contributed by atoms with Crippen molar-refractivity contribution in [1.29, 1.82) is 0 Å². The Bertz CT molecular complexity index is 441. The molecule has 0 aliphatic carbocycles. The number of amides is 1. The molecular formula is C11H13NO5. The van der Waals surface area contributed by atoms with Crippen LogP contribution in [0.4, 0.5) is 10.5 Å². The fraction of sp³-hybridized carbons (Fsp3) is 0.273. The molecule has 1 aromatic carbocycles. The van der Waals surface area contributed by atoms with Crippen LogP contribution in [0.3, 0.4) is 0 Å². The Morgan fingerprint density at radius 1 is 1.35 bits per heavy atom. The number of ether oxygens (including phenoxy) is 1. The number of benzene rings is 1. The summed E-state index contributed by atoms with van der Waals surface area (Å²) in [5.41, 5.74) is -0.289. The molecule has 0 fully saturated rings. The fourth-order valence-electron chi connectivity index (χ4n) is 1.17. The number of carboxylic acid groups (broad SMARTS) is 1. The number of carboxylic acids is 1. The second-order valence-electron chi connectivity index (χ2n) is 3.59. The molecule has 0 saturated carbocycles. The first-order valence-electron chi connectivity index (χ1n) is 4.94. The molecule has 0 saturated heterocycles. The van der Waals surface area contributed by atoms with E-state index in [0.717, 1.165) is 0 Å². The molecule has 0 atom stereocenters. The Kier molecular flexibility index (Phi) is 3.92. The van der Waals surface area contributed by atoms with Crippen LogP contribution in [-0.2, 0) is 4.74 Å². The van der Waals surface area contributed by atoms with Crippen LogP contribution in [0.15, 0.2) is 18.2 Å². The number of nitrogens with one attached hydrogen (secondary N) is 1. The Hall–Kier alpha value is -2.24. The Morgan fingerprint density at radius 2 is 2.00 bits per heavy atom. The van der Waals surface area contributed by atoms with Crippen molar-refractivity contribution in [3.8, 4) is 5.75 Å². The monoisotopic (exact) mass is 239 g/mol. The highest BCUT2D eigenvalue weighted by Gasteiger charge is 2.15. The largest absolute Gasteiger partial charge is 0.505 e. The van der Waals surface area contributed by atoms with E-state index in [0.29, 0.717) is 0 Å². The van der Waals surface area contributed by atoms with E-state index < -0.39 is 17.8 Å². The molecule has 3 N–H and O–H groups in total. The highest BCUT2D eigenvalue weighted by molar-refractivity contribution is 5.96. The number of rotatable bonds is 3. The van der Waals surface area contributed by atoms with Gasteiger partial charge in [-0.2, -0.15) is 0 Å². The number of phenols is 1. The summed E-state index contributed by atoms with van der Waals surface area (Å²) in [6.07, 6.45) is -1.06. The zero-order valence-corrected chi connectivity index (χ0v) is 9.43. The van der Waals surface area contributed by atoms with Crippen molar-refractivity contribution in [2.45, 2.75) is 20.0 Å². The van der Waals surface area contributed by atoms with Crippen molar-refractivity contribution in [2.24, 2.45) is 0 Å². The lowest BCUT2D eigenvalue weighted by Crippen LogP contribution is -2.18. The minimum atomic E-state index is -1.27. The number of anilines is 1. The Labute approximate surface area is 97.8 Å². The molecule has 6 nitrogen and oxygen atoms in total. The molecule has 0 bridgehead atoms. The van der Waals surface area contributed by atoms with Crippen molar-refractivity contribution in [2.75, 3.05) is 5.32 Å². The van der Waals surface area contributed by atoms with Crippen LogP contribution in [0.2, 0.25) is 0 Å². The van der Waals surface area contributed by atoms with E-state index >= 15 is 0 Å². The molecule has 1 amide bonds. The van der Waals surface area contributed by atoms with Crippen LogP contribution in [0.5, 0.6) is 5.75 Å². The van der Waals surface area contributed by atoms with Gasteiger partial charge in [0.05, 0.1) is 11.8 Å². The zero-order chi connectivity index (χ0) is 13.0. The number of carbonyl (C=O) groups is 2. The van der Waals surface area contributed by atoms with Gasteiger partial charge in [0.1, 0.15) is 5.56 Å². The summed E-state index contributed by atoms with van der Waals surface area (Å²) in [6.45, 7) is 3.35. The molecule has 0 aliphatic rings.